The van der Waals surface area contributed by atoms with Gasteiger partial charge in [-0.2, -0.15) is 0 Å². The van der Waals surface area contributed by atoms with Gasteiger partial charge in [0, 0.05) is 55.1 Å². The van der Waals surface area contributed by atoms with Crippen LogP contribution in [0.2, 0.25) is 0 Å². The molecule has 0 bridgehead atoms. The number of nitrogens with zero attached hydrogens (tertiary/aromatic N) is 3. The quantitative estimate of drug-likeness (QED) is 0.171. The van der Waals surface area contributed by atoms with Crippen molar-refractivity contribution in [1.29, 1.82) is 0 Å². The van der Waals surface area contributed by atoms with E-state index in [-0.39, 0.29) is 0 Å². The summed E-state index contributed by atoms with van der Waals surface area (Å²) in [5.41, 5.74) is 18.6. The third kappa shape index (κ3) is 4.38. The van der Waals surface area contributed by atoms with Gasteiger partial charge < -0.3 is 13.9 Å². The average Bonchev–Trinajstić information content (AvgIpc) is 4.03. The normalized spacial score (nSPS) is 12.4. The molecule has 12 aromatic rings. The summed E-state index contributed by atoms with van der Waals surface area (Å²) in [6.45, 7) is 0. The highest BCUT2D eigenvalue weighted by atomic mass is 15.1. The van der Waals surface area contributed by atoms with Gasteiger partial charge >= 0.3 is 0 Å². The Morgan fingerprint density at radius 2 is 0.948 bits per heavy atom. The number of para-hydroxylation sites is 4. The number of hydrogen-bond acceptors (Lipinski definition) is 1. The monoisotopic (exact) mass is 737 g/mol. The molecular weight excluding hydrogens is 703 g/mol. The highest BCUT2D eigenvalue weighted by Gasteiger charge is 2.23. The third-order valence-corrected chi connectivity index (χ3v) is 12.7. The first-order chi connectivity index (χ1) is 28.8. The summed E-state index contributed by atoms with van der Waals surface area (Å²) in [6.07, 6.45) is 0.971. The lowest BCUT2D eigenvalue weighted by Gasteiger charge is -2.27. The topological polar surface area (TPSA) is 12.6 Å². The minimum atomic E-state index is 0.971. The van der Waals surface area contributed by atoms with Gasteiger partial charge in [0.05, 0.1) is 27.6 Å². The maximum atomic E-state index is 2.46. The van der Waals surface area contributed by atoms with E-state index >= 15 is 0 Å². The fraction of sp³-hybridized carbons (Fsp3) is 0.0182. The van der Waals surface area contributed by atoms with Gasteiger partial charge in [0.1, 0.15) is 0 Å². The zero-order valence-electron chi connectivity index (χ0n) is 31.6. The van der Waals surface area contributed by atoms with Gasteiger partial charge in [-0.05, 0) is 107 Å². The maximum Gasteiger partial charge on any atom is 0.0626 e. The van der Waals surface area contributed by atoms with Crippen molar-refractivity contribution in [3.05, 3.63) is 211 Å². The first kappa shape index (κ1) is 31.6. The highest BCUT2D eigenvalue weighted by molar-refractivity contribution is 6.27. The van der Waals surface area contributed by atoms with Crippen LogP contribution < -0.4 is 4.90 Å². The van der Waals surface area contributed by atoms with Crippen LogP contribution in [0.5, 0.6) is 0 Å². The first-order valence-corrected chi connectivity index (χ1v) is 20.1. The lowest BCUT2D eigenvalue weighted by Crippen LogP contribution is -2.11. The molecule has 0 fully saturated rings. The van der Waals surface area contributed by atoms with Crippen LogP contribution in [0, 0.1) is 0 Å². The van der Waals surface area contributed by atoms with E-state index in [4.69, 9.17) is 0 Å². The van der Waals surface area contributed by atoms with Crippen LogP contribution in [0.25, 0.3) is 87.8 Å². The Morgan fingerprint density at radius 1 is 0.362 bits per heavy atom. The Morgan fingerprint density at radius 3 is 1.71 bits per heavy atom. The number of hydrogen-bond donors (Lipinski definition) is 0. The minimum absolute atomic E-state index is 0.971. The number of anilines is 3. The van der Waals surface area contributed by atoms with Gasteiger partial charge in [-0.3, -0.25) is 0 Å². The van der Waals surface area contributed by atoms with Crippen molar-refractivity contribution in [3.63, 3.8) is 0 Å². The van der Waals surface area contributed by atoms with Crippen molar-refractivity contribution in [2.45, 2.75) is 6.42 Å². The average molecular weight is 738 g/mol. The van der Waals surface area contributed by atoms with E-state index in [1.807, 2.05) is 0 Å². The maximum absolute atomic E-state index is 2.46. The van der Waals surface area contributed by atoms with Crippen molar-refractivity contribution in [3.8, 4) is 27.9 Å². The summed E-state index contributed by atoms with van der Waals surface area (Å²) in [4.78, 5) is 2.43. The van der Waals surface area contributed by atoms with Crippen LogP contribution in [0.4, 0.5) is 17.1 Å². The van der Waals surface area contributed by atoms with E-state index in [0.29, 0.717) is 0 Å². The molecule has 0 N–H and O–H groups in total. The predicted octanol–water partition coefficient (Wildman–Crippen LogP) is 14.6. The van der Waals surface area contributed by atoms with Crippen LogP contribution in [0.15, 0.2) is 200 Å². The van der Waals surface area contributed by atoms with Crippen molar-refractivity contribution in [2.75, 3.05) is 4.90 Å². The van der Waals surface area contributed by atoms with Crippen LogP contribution in [0.3, 0.4) is 0 Å². The van der Waals surface area contributed by atoms with Crippen LogP contribution in [0.1, 0.15) is 11.1 Å². The largest absolute Gasteiger partial charge is 0.310 e. The van der Waals surface area contributed by atoms with Crippen molar-refractivity contribution < 1.29 is 0 Å². The molecule has 0 radical (unpaired) electrons. The molecule has 0 unspecified atom stereocenters. The summed E-state index contributed by atoms with van der Waals surface area (Å²) in [5.74, 6) is 0. The van der Waals surface area contributed by atoms with E-state index in [2.05, 4.69) is 214 Å². The zero-order chi connectivity index (χ0) is 37.9. The van der Waals surface area contributed by atoms with Crippen LogP contribution in [-0.4, -0.2) is 8.97 Å². The number of aromatic nitrogens is 2. The molecule has 13 rings (SSSR count). The first-order valence-electron chi connectivity index (χ1n) is 20.1. The van der Waals surface area contributed by atoms with E-state index in [0.717, 1.165) is 29.2 Å². The second-order valence-electron chi connectivity index (χ2n) is 15.7. The second-order valence-corrected chi connectivity index (χ2v) is 15.7. The molecule has 0 spiro atoms. The highest BCUT2D eigenvalue weighted by Crippen LogP contribution is 2.46. The molecule has 0 saturated heterocycles. The molecule has 1 aliphatic rings. The second kappa shape index (κ2) is 11.9. The van der Waals surface area contributed by atoms with Gasteiger partial charge in [-0.1, -0.05) is 133 Å². The molecule has 0 saturated carbocycles. The van der Waals surface area contributed by atoms with Crippen LogP contribution >= 0.6 is 0 Å². The van der Waals surface area contributed by atoms with E-state index in [1.54, 1.807) is 0 Å². The SMILES string of the molecule is c1cc(N(c2ccc(-c3ccc4c5ccccc5n5c6ccccc6c3c45)cc2)c2ccc3c(c2)-c2ccccc2C3)cc(-n2c3ccccc3c3ccccc32)c1. The molecule has 0 atom stereocenters. The Hall–Kier alpha value is -7.62. The Kier molecular flexibility index (Phi) is 6.50. The molecular formula is C55H35N3. The summed E-state index contributed by atoms with van der Waals surface area (Å²) < 4.78 is 4.87. The van der Waals surface area contributed by atoms with Crippen LogP contribution in [-0.2, 0) is 6.42 Å². The number of rotatable bonds is 5. The van der Waals surface area contributed by atoms with Crippen molar-refractivity contribution in [2.24, 2.45) is 0 Å². The van der Waals surface area contributed by atoms with Crippen molar-refractivity contribution >= 4 is 77.0 Å². The summed E-state index contributed by atoms with van der Waals surface area (Å²) in [6, 6.07) is 73.9. The molecule has 3 aromatic heterocycles. The summed E-state index contributed by atoms with van der Waals surface area (Å²) >= 11 is 0. The molecule has 3 heteroatoms. The summed E-state index contributed by atoms with van der Waals surface area (Å²) in [7, 11) is 0. The molecule has 3 nitrogen and oxygen atoms in total. The lowest BCUT2D eigenvalue weighted by molar-refractivity contribution is 1.17. The Balaban J connectivity index is 0.998. The van der Waals surface area contributed by atoms with E-state index in [9.17, 15) is 0 Å². The van der Waals surface area contributed by atoms with Gasteiger partial charge in [0.25, 0.3) is 0 Å². The number of benzene rings is 9. The van der Waals surface area contributed by atoms with E-state index in [1.165, 1.54) is 93.3 Å². The molecule has 1 aliphatic carbocycles. The van der Waals surface area contributed by atoms with Gasteiger partial charge in [-0.25, -0.2) is 0 Å². The molecule has 58 heavy (non-hydrogen) atoms. The van der Waals surface area contributed by atoms with Gasteiger partial charge in [-0.15, -0.1) is 0 Å². The third-order valence-electron chi connectivity index (χ3n) is 12.7. The fourth-order valence-electron chi connectivity index (χ4n) is 10.2. The van der Waals surface area contributed by atoms with Gasteiger partial charge in [0.15, 0.2) is 0 Å². The predicted molar refractivity (Wildman–Crippen MR) is 244 cm³/mol. The molecule has 270 valence electrons. The van der Waals surface area contributed by atoms with Crippen molar-refractivity contribution in [1.82, 2.24) is 8.97 Å². The van der Waals surface area contributed by atoms with Gasteiger partial charge in [0.2, 0.25) is 0 Å². The number of fused-ring (bicyclic) bond motifs is 12. The summed E-state index contributed by atoms with van der Waals surface area (Å²) in [5, 5.41) is 7.72. The molecule has 0 amide bonds. The lowest BCUT2D eigenvalue weighted by atomic mass is 9.97. The molecule has 9 aromatic carbocycles. The Labute approximate surface area is 335 Å². The fourth-order valence-corrected chi connectivity index (χ4v) is 10.2. The Bertz CT molecular complexity index is 3550. The minimum Gasteiger partial charge on any atom is -0.310 e. The molecule has 0 aliphatic heterocycles. The zero-order valence-corrected chi connectivity index (χ0v) is 31.6. The molecule has 3 heterocycles. The standard InChI is InChI=1S/C55H35N3/c1-2-15-42-36(12-1)32-37-26-29-41(34-49(37)42)56(39-13-11-14-40(33-39)57-50-20-7-3-16-44(50)45-17-4-8-21-51(45)57)38-27-24-35(25-28-38)43-30-31-47-46-18-5-9-22-52(46)58-53-23-10-6-19-48(53)54(43)55(47)58/h1-31,33-34H,32H2. The van der Waals surface area contributed by atoms with E-state index < -0.39 is 0 Å². The smallest absolute Gasteiger partial charge is 0.0626 e.